The van der Waals surface area contributed by atoms with E-state index in [1.807, 2.05) is 44.2 Å². The molecule has 0 bridgehead atoms. The number of hydrogen-bond donors (Lipinski definition) is 0. The van der Waals surface area contributed by atoms with Crippen LogP contribution in [0.2, 0.25) is 0 Å². The quantitative estimate of drug-likeness (QED) is 0.508. The summed E-state index contributed by atoms with van der Waals surface area (Å²) in [5.41, 5.74) is 3.18. The van der Waals surface area contributed by atoms with Gasteiger partial charge in [0.2, 0.25) is 0 Å². The fourth-order valence-electron chi connectivity index (χ4n) is 1.17. The summed E-state index contributed by atoms with van der Waals surface area (Å²) in [6.45, 7) is 4.03. The first-order valence-corrected chi connectivity index (χ1v) is 4.49. The van der Waals surface area contributed by atoms with Crippen molar-refractivity contribution in [2.75, 3.05) is 0 Å². The molecule has 0 unspecified atom stereocenters. The molecule has 0 aliphatic carbocycles. The van der Waals surface area contributed by atoms with Crippen molar-refractivity contribution < 1.29 is 4.79 Å². The minimum absolute atomic E-state index is 0.790. The Morgan fingerprint density at radius 2 is 2.08 bits per heavy atom. The second kappa shape index (κ2) is 4.61. The molecule has 0 aliphatic rings. The first-order valence-electron chi connectivity index (χ1n) is 4.49. The van der Waals surface area contributed by atoms with Crippen molar-refractivity contribution in [3.05, 3.63) is 41.0 Å². The van der Waals surface area contributed by atoms with Gasteiger partial charge in [0.1, 0.15) is 6.29 Å². The summed E-state index contributed by atoms with van der Waals surface area (Å²) in [5, 5.41) is 0. The average molecular weight is 174 g/mol. The van der Waals surface area contributed by atoms with E-state index in [0.717, 1.165) is 23.8 Å². The van der Waals surface area contributed by atoms with Gasteiger partial charge in [0.25, 0.3) is 0 Å². The van der Waals surface area contributed by atoms with Gasteiger partial charge in [0, 0.05) is 0 Å². The molecule has 0 aliphatic heterocycles. The molecule has 1 nitrogen and oxygen atoms in total. The van der Waals surface area contributed by atoms with Gasteiger partial charge in [-0.2, -0.15) is 0 Å². The molecule has 0 spiro atoms. The average Bonchev–Trinajstić information content (AvgIpc) is 2.17. The van der Waals surface area contributed by atoms with Gasteiger partial charge in [0.05, 0.1) is 0 Å². The monoisotopic (exact) mass is 174 g/mol. The smallest absolute Gasteiger partial charge is 0.146 e. The van der Waals surface area contributed by atoms with Gasteiger partial charge >= 0.3 is 0 Å². The molecule has 13 heavy (non-hydrogen) atoms. The van der Waals surface area contributed by atoms with E-state index in [9.17, 15) is 4.79 Å². The number of carbonyl (C=O) groups excluding carboxylic acids is 1. The van der Waals surface area contributed by atoms with E-state index < -0.39 is 0 Å². The summed E-state index contributed by atoms with van der Waals surface area (Å²) in [5.74, 6) is 0. The summed E-state index contributed by atoms with van der Waals surface area (Å²) in [6, 6.07) is 8.05. The maximum Gasteiger partial charge on any atom is 0.146 e. The van der Waals surface area contributed by atoms with Gasteiger partial charge in [-0.05, 0) is 36.1 Å². The Balaban J connectivity index is 3.02. The maximum atomic E-state index is 10.6. The lowest BCUT2D eigenvalue weighted by Gasteiger charge is -2.00. The molecule has 68 valence electrons. The summed E-state index contributed by atoms with van der Waals surface area (Å²) < 4.78 is 0. The van der Waals surface area contributed by atoms with Gasteiger partial charge in [-0.1, -0.05) is 31.2 Å². The molecule has 1 aromatic rings. The normalized spacial score (nSPS) is 11.4. The standard InChI is InChI=1S/C12H14O/c1-3-11(9-13)8-12-7-5-4-6-10(12)2/h4-9H,3H2,1-2H3. The van der Waals surface area contributed by atoms with Crippen LogP contribution in [-0.4, -0.2) is 6.29 Å². The van der Waals surface area contributed by atoms with E-state index >= 15 is 0 Å². The molecule has 0 N–H and O–H groups in total. The van der Waals surface area contributed by atoms with Crippen molar-refractivity contribution in [2.24, 2.45) is 0 Å². The lowest BCUT2D eigenvalue weighted by molar-refractivity contribution is -0.104. The summed E-state index contributed by atoms with van der Waals surface area (Å²) in [7, 11) is 0. The SMILES string of the molecule is CCC(C=O)=Cc1ccccc1C. The van der Waals surface area contributed by atoms with Crippen molar-refractivity contribution in [1.29, 1.82) is 0 Å². The Hall–Kier alpha value is -1.37. The molecule has 0 saturated heterocycles. The molecule has 1 heteroatoms. The van der Waals surface area contributed by atoms with Gasteiger partial charge in [-0.15, -0.1) is 0 Å². The van der Waals surface area contributed by atoms with E-state index in [1.165, 1.54) is 5.56 Å². The summed E-state index contributed by atoms with van der Waals surface area (Å²) in [6.07, 6.45) is 3.66. The second-order valence-electron chi connectivity index (χ2n) is 3.05. The van der Waals surface area contributed by atoms with Gasteiger partial charge in [0.15, 0.2) is 0 Å². The molecule has 0 amide bonds. The van der Waals surface area contributed by atoms with Crippen LogP contribution in [0.4, 0.5) is 0 Å². The molecule has 0 fully saturated rings. The minimum atomic E-state index is 0.790. The van der Waals surface area contributed by atoms with Crippen molar-refractivity contribution in [3.8, 4) is 0 Å². The Kier molecular flexibility index (Phi) is 3.44. The first-order chi connectivity index (χ1) is 6.27. The van der Waals surface area contributed by atoms with Crippen LogP contribution in [0.25, 0.3) is 6.08 Å². The van der Waals surface area contributed by atoms with Crippen LogP contribution < -0.4 is 0 Å². The van der Waals surface area contributed by atoms with E-state index in [2.05, 4.69) is 0 Å². The Morgan fingerprint density at radius 3 is 2.62 bits per heavy atom. The molecule has 0 aromatic heterocycles. The molecule has 1 aromatic carbocycles. The molecule has 0 heterocycles. The van der Waals surface area contributed by atoms with Crippen LogP contribution in [0.5, 0.6) is 0 Å². The van der Waals surface area contributed by atoms with Crippen molar-refractivity contribution in [2.45, 2.75) is 20.3 Å². The fraction of sp³-hybridized carbons (Fsp3) is 0.250. The zero-order valence-corrected chi connectivity index (χ0v) is 8.08. The highest BCUT2D eigenvalue weighted by molar-refractivity contribution is 5.81. The van der Waals surface area contributed by atoms with E-state index in [-0.39, 0.29) is 0 Å². The van der Waals surface area contributed by atoms with Crippen LogP contribution in [-0.2, 0) is 4.79 Å². The third kappa shape index (κ3) is 2.55. The molecule has 1 rings (SSSR count). The van der Waals surface area contributed by atoms with Gasteiger partial charge in [-0.3, -0.25) is 4.79 Å². The van der Waals surface area contributed by atoms with E-state index in [1.54, 1.807) is 0 Å². The number of carbonyl (C=O) groups is 1. The highest BCUT2D eigenvalue weighted by atomic mass is 16.1. The number of benzene rings is 1. The maximum absolute atomic E-state index is 10.6. The lowest BCUT2D eigenvalue weighted by Crippen LogP contribution is -1.84. The third-order valence-electron chi connectivity index (χ3n) is 2.09. The second-order valence-corrected chi connectivity index (χ2v) is 3.05. The number of aryl methyl sites for hydroxylation is 1. The number of aldehydes is 1. The summed E-state index contributed by atoms with van der Waals surface area (Å²) >= 11 is 0. The van der Waals surface area contributed by atoms with Crippen LogP contribution in [0.3, 0.4) is 0 Å². The Labute approximate surface area is 79.1 Å². The Morgan fingerprint density at radius 1 is 1.38 bits per heavy atom. The fourth-order valence-corrected chi connectivity index (χ4v) is 1.17. The van der Waals surface area contributed by atoms with Crippen molar-refractivity contribution in [1.82, 2.24) is 0 Å². The predicted octanol–water partition coefficient (Wildman–Crippen LogP) is 2.99. The van der Waals surface area contributed by atoms with E-state index in [0.29, 0.717) is 0 Å². The van der Waals surface area contributed by atoms with Crippen molar-refractivity contribution in [3.63, 3.8) is 0 Å². The predicted molar refractivity (Wildman–Crippen MR) is 55.5 cm³/mol. The topological polar surface area (TPSA) is 17.1 Å². The van der Waals surface area contributed by atoms with Crippen LogP contribution >= 0.6 is 0 Å². The largest absolute Gasteiger partial charge is 0.298 e. The van der Waals surface area contributed by atoms with Crippen molar-refractivity contribution >= 4 is 12.4 Å². The number of allylic oxidation sites excluding steroid dienone is 1. The lowest BCUT2D eigenvalue weighted by atomic mass is 10.1. The molecular weight excluding hydrogens is 160 g/mol. The zero-order valence-electron chi connectivity index (χ0n) is 8.08. The van der Waals surface area contributed by atoms with Crippen LogP contribution in [0, 0.1) is 6.92 Å². The number of rotatable bonds is 3. The van der Waals surface area contributed by atoms with Gasteiger partial charge in [-0.25, -0.2) is 0 Å². The zero-order chi connectivity index (χ0) is 9.68. The summed E-state index contributed by atoms with van der Waals surface area (Å²) in [4.78, 5) is 10.6. The van der Waals surface area contributed by atoms with Crippen LogP contribution in [0.15, 0.2) is 29.8 Å². The Bertz CT molecular complexity index is 324. The molecule has 0 atom stereocenters. The highest BCUT2D eigenvalue weighted by Crippen LogP contribution is 2.12. The molecule has 0 saturated carbocycles. The molecular formula is C12H14O. The highest BCUT2D eigenvalue weighted by Gasteiger charge is 1.95. The minimum Gasteiger partial charge on any atom is -0.298 e. The third-order valence-corrected chi connectivity index (χ3v) is 2.09. The number of hydrogen-bond acceptors (Lipinski definition) is 1. The van der Waals surface area contributed by atoms with Gasteiger partial charge < -0.3 is 0 Å². The first kappa shape index (κ1) is 9.72. The van der Waals surface area contributed by atoms with Crippen LogP contribution in [0.1, 0.15) is 24.5 Å². The molecule has 0 radical (unpaired) electrons. The van der Waals surface area contributed by atoms with E-state index in [4.69, 9.17) is 0 Å².